The maximum Gasteiger partial charge on any atom is 0.321 e. The number of benzene rings is 1. The Morgan fingerprint density at radius 2 is 2.24 bits per heavy atom. The number of fused-ring (bicyclic) bond motifs is 1. The fourth-order valence-electron chi connectivity index (χ4n) is 1.68. The zero-order valence-electron chi connectivity index (χ0n) is 10.9. The highest BCUT2D eigenvalue weighted by atomic mass is 35.5. The summed E-state index contributed by atoms with van der Waals surface area (Å²) in [6.07, 6.45) is 1.98. The molecule has 8 heteroatoms. The molecule has 1 fully saturated rings. The number of rotatable bonds is 4. The van der Waals surface area contributed by atoms with Gasteiger partial charge in [-0.1, -0.05) is 23.4 Å². The van der Waals surface area contributed by atoms with E-state index in [1.54, 1.807) is 6.07 Å². The van der Waals surface area contributed by atoms with E-state index in [1.807, 2.05) is 12.1 Å². The number of halogens is 1. The first-order valence-electron chi connectivity index (χ1n) is 6.39. The first kappa shape index (κ1) is 14.6. The molecule has 110 valence electrons. The van der Waals surface area contributed by atoms with Crippen LogP contribution in [0, 0.1) is 0 Å². The van der Waals surface area contributed by atoms with E-state index in [0.717, 1.165) is 27.4 Å². The number of amides is 3. The minimum absolute atomic E-state index is 0.158. The van der Waals surface area contributed by atoms with Crippen LogP contribution in [-0.2, 0) is 4.79 Å². The predicted octanol–water partition coefficient (Wildman–Crippen LogP) is 3.03. The van der Waals surface area contributed by atoms with Crippen molar-refractivity contribution in [2.24, 2.45) is 0 Å². The van der Waals surface area contributed by atoms with Gasteiger partial charge in [0.25, 0.3) is 0 Å². The minimum Gasteiger partial charge on any atom is -0.335 e. The van der Waals surface area contributed by atoms with Gasteiger partial charge < -0.3 is 5.32 Å². The molecule has 0 spiro atoms. The Hall–Kier alpha value is -1.31. The van der Waals surface area contributed by atoms with E-state index in [1.165, 1.54) is 23.1 Å². The number of hydrogen-bond acceptors (Lipinski definition) is 5. The van der Waals surface area contributed by atoms with Crippen molar-refractivity contribution in [3.8, 4) is 0 Å². The van der Waals surface area contributed by atoms with Gasteiger partial charge in [-0.05, 0) is 31.0 Å². The summed E-state index contributed by atoms with van der Waals surface area (Å²) in [7, 11) is 0. The number of carbonyl (C=O) groups is 2. The molecular formula is C13H12ClN3O2S2. The third-order valence-electron chi connectivity index (χ3n) is 2.82. The molecule has 2 aromatic rings. The third kappa shape index (κ3) is 4.09. The number of aromatic nitrogens is 1. The summed E-state index contributed by atoms with van der Waals surface area (Å²) < 4.78 is 1.80. The smallest absolute Gasteiger partial charge is 0.321 e. The number of thioether (sulfide) groups is 1. The molecule has 1 saturated carbocycles. The van der Waals surface area contributed by atoms with Crippen LogP contribution in [0.5, 0.6) is 0 Å². The van der Waals surface area contributed by atoms with Gasteiger partial charge in [0, 0.05) is 11.1 Å². The largest absolute Gasteiger partial charge is 0.335 e. The summed E-state index contributed by atoms with van der Waals surface area (Å²) in [5.41, 5.74) is 0.821. The van der Waals surface area contributed by atoms with E-state index < -0.39 is 6.03 Å². The van der Waals surface area contributed by atoms with E-state index in [-0.39, 0.29) is 17.7 Å². The SMILES string of the molecule is O=C(CSc1nc2cc(Cl)ccc2s1)NC(=O)NC1CC1. The Balaban J connectivity index is 1.53. The zero-order valence-corrected chi connectivity index (χ0v) is 13.3. The fourth-order valence-corrected chi connectivity index (χ4v) is 3.70. The second-order valence-electron chi connectivity index (χ2n) is 4.68. The number of thiazole rings is 1. The lowest BCUT2D eigenvalue weighted by Crippen LogP contribution is -2.41. The number of imide groups is 1. The van der Waals surface area contributed by atoms with Crippen molar-refractivity contribution in [2.75, 3.05) is 5.75 Å². The first-order chi connectivity index (χ1) is 10.1. The molecule has 2 N–H and O–H groups in total. The van der Waals surface area contributed by atoms with Gasteiger partial charge in [-0.2, -0.15) is 0 Å². The maximum atomic E-state index is 11.7. The van der Waals surface area contributed by atoms with Crippen molar-refractivity contribution in [1.82, 2.24) is 15.6 Å². The van der Waals surface area contributed by atoms with Crippen LogP contribution in [0.1, 0.15) is 12.8 Å². The lowest BCUT2D eigenvalue weighted by atomic mass is 10.3. The molecule has 21 heavy (non-hydrogen) atoms. The van der Waals surface area contributed by atoms with Gasteiger partial charge in [0.05, 0.1) is 16.0 Å². The summed E-state index contributed by atoms with van der Waals surface area (Å²) in [5, 5.41) is 5.65. The average Bonchev–Trinajstić information content (AvgIpc) is 3.13. The molecule has 1 aromatic heterocycles. The fraction of sp³-hybridized carbons (Fsp3) is 0.308. The predicted molar refractivity (Wildman–Crippen MR) is 85.1 cm³/mol. The van der Waals surface area contributed by atoms with Crippen LogP contribution in [-0.4, -0.2) is 28.7 Å². The molecular weight excluding hydrogens is 330 g/mol. The molecule has 1 aromatic carbocycles. The summed E-state index contributed by atoms with van der Waals surface area (Å²) in [6.45, 7) is 0. The summed E-state index contributed by atoms with van der Waals surface area (Å²) in [4.78, 5) is 27.5. The standard InChI is InChI=1S/C13H12ClN3O2S2/c14-7-1-4-10-9(5-7)16-13(21-10)20-6-11(18)17-12(19)15-8-2-3-8/h1,4-5,8H,2-3,6H2,(H2,15,17,18,19). The second kappa shape index (κ2) is 6.21. The Labute approximate surface area is 134 Å². The Morgan fingerprint density at radius 1 is 1.43 bits per heavy atom. The van der Waals surface area contributed by atoms with Crippen molar-refractivity contribution < 1.29 is 9.59 Å². The summed E-state index contributed by atoms with van der Waals surface area (Å²) in [5.74, 6) is -0.165. The quantitative estimate of drug-likeness (QED) is 0.838. The molecule has 1 heterocycles. The number of nitrogens with zero attached hydrogens (tertiary/aromatic N) is 1. The van der Waals surface area contributed by atoms with Crippen LogP contribution >= 0.6 is 34.7 Å². The molecule has 0 atom stereocenters. The van der Waals surface area contributed by atoms with Gasteiger partial charge >= 0.3 is 6.03 Å². The normalized spacial score (nSPS) is 14.1. The van der Waals surface area contributed by atoms with E-state index in [4.69, 9.17) is 11.6 Å². The number of hydrogen-bond donors (Lipinski definition) is 2. The van der Waals surface area contributed by atoms with Crippen molar-refractivity contribution in [3.05, 3.63) is 23.2 Å². The van der Waals surface area contributed by atoms with Gasteiger partial charge in [0.2, 0.25) is 5.91 Å². The molecule has 1 aliphatic rings. The average molecular weight is 342 g/mol. The second-order valence-corrected chi connectivity index (χ2v) is 7.37. The molecule has 0 saturated heterocycles. The third-order valence-corrected chi connectivity index (χ3v) is 5.24. The molecule has 3 rings (SSSR count). The summed E-state index contributed by atoms with van der Waals surface area (Å²) in [6, 6.07) is 5.33. The van der Waals surface area contributed by atoms with E-state index in [0.29, 0.717) is 5.02 Å². The molecule has 3 amide bonds. The Morgan fingerprint density at radius 3 is 3.00 bits per heavy atom. The van der Waals surface area contributed by atoms with Crippen LogP contribution in [0.25, 0.3) is 10.2 Å². The number of urea groups is 1. The van der Waals surface area contributed by atoms with Crippen LogP contribution in [0.3, 0.4) is 0 Å². The molecule has 0 aliphatic heterocycles. The van der Waals surface area contributed by atoms with Gasteiger partial charge in [0.1, 0.15) is 0 Å². The van der Waals surface area contributed by atoms with Crippen LogP contribution in [0.2, 0.25) is 5.02 Å². The highest BCUT2D eigenvalue weighted by Gasteiger charge is 2.23. The molecule has 0 bridgehead atoms. The van der Waals surface area contributed by atoms with E-state index in [2.05, 4.69) is 15.6 Å². The monoisotopic (exact) mass is 341 g/mol. The van der Waals surface area contributed by atoms with Gasteiger partial charge in [-0.25, -0.2) is 9.78 Å². The zero-order chi connectivity index (χ0) is 14.8. The Kier molecular flexibility index (Phi) is 4.32. The molecule has 0 unspecified atom stereocenters. The molecule has 5 nitrogen and oxygen atoms in total. The Bertz CT molecular complexity index is 700. The van der Waals surface area contributed by atoms with Gasteiger partial charge in [-0.15, -0.1) is 11.3 Å². The lowest BCUT2D eigenvalue weighted by Gasteiger charge is -2.04. The lowest BCUT2D eigenvalue weighted by molar-refractivity contribution is -0.117. The van der Waals surface area contributed by atoms with Crippen LogP contribution < -0.4 is 10.6 Å². The van der Waals surface area contributed by atoms with E-state index >= 15 is 0 Å². The van der Waals surface area contributed by atoms with Crippen LogP contribution in [0.15, 0.2) is 22.5 Å². The van der Waals surface area contributed by atoms with E-state index in [9.17, 15) is 9.59 Å². The van der Waals surface area contributed by atoms with Crippen molar-refractivity contribution in [3.63, 3.8) is 0 Å². The maximum absolute atomic E-state index is 11.7. The highest BCUT2D eigenvalue weighted by Crippen LogP contribution is 2.30. The minimum atomic E-state index is -0.417. The van der Waals surface area contributed by atoms with Crippen LogP contribution in [0.4, 0.5) is 4.79 Å². The van der Waals surface area contributed by atoms with Gasteiger partial charge in [0.15, 0.2) is 4.34 Å². The molecule has 1 aliphatic carbocycles. The summed E-state index contributed by atoms with van der Waals surface area (Å²) >= 11 is 8.72. The highest BCUT2D eigenvalue weighted by molar-refractivity contribution is 8.01. The first-order valence-corrected chi connectivity index (χ1v) is 8.57. The molecule has 0 radical (unpaired) electrons. The van der Waals surface area contributed by atoms with Crippen molar-refractivity contribution in [2.45, 2.75) is 23.2 Å². The van der Waals surface area contributed by atoms with Crippen molar-refractivity contribution in [1.29, 1.82) is 0 Å². The topological polar surface area (TPSA) is 71.1 Å². The van der Waals surface area contributed by atoms with Gasteiger partial charge in [-0.3, -0.25) is 10.1 Å². The number of carbonyl (C=O) groups excluding carboxylic acids is 2. The van der Waals surface area contributed by atoms with Crippen molar-refractivity contribution >= 4 is 56.9 Å². The number of nitrogens with one attached hydrogen (secondary N) is 2.